The summed E-state index contributed by atoms with van der Waals surface area (Å²) in [6.07, 6.45) is 0. The first-order valence-electron chi connectivity index (χ1n) is 6.95. The summed E-state index contributed by atoms with van der Waals surface area (Å²) in [6, 6.07) is 6.88. The largest absolute Gasteiger partial charge is 0.338 e. The van der Waals surface area contributed by atoms with Gasteiger partial charge in [0.15, 0.2) is 0 Å². The Morgan fingerprint density at radius 2 is 1.86 bits per heavy atom. The highest BCUT2D eigenvalue weighted by Crippen LogP contribution is 2.21. The Morgan fingerprint density at radius 3 is 2.48 bits per heavy atom. The molecule has 0 aliphatic heterocycles. The first kappa shape index (κ1) is 17.5. The lowest BCUT2D eigenvalue weighted by atomic mass is 10.1. The molecule has 5 nitrogen and oxygen atoms in total. The summed E-state index contributed by atoms with van der Waals surface area (Å²) in [4.78, 5) is 23.1. The highest BCUT2D eigenvalue weighted by atomic mass is 35.5. The van der Waals surface area contributed by atoms with Crippen molar-refractivity contribution in [1.29, 1.82) is 0 Å². The number of carbonyl (C=O) groups is 2. The predicted octanol–water partition coefficient (Wildman–Crippen LogP) is 2.47. The summed E-state index contributed by atoms with van der Waals surface area (Å²) in [6.45, 7) is 6.45. The fourth-order valence-corrected chi connectivity index (χ4v) is 1.99. The van der Waals surface area contributed by atoms with Crippen LogP contribution >= 0.6 is 11.6 Å². The Labute approximate surface area is 130 Å². The molecule has 0 heterocycles. The number of halogens is 1. The molecule has 3 N–H and O–H groups in total. The molecule has 0 aliphatic carbocycles. The quantitative estimate of drug-likeness (QED) is 0.756. The van der Waals surface area contributed by atoms with E-state index in [9.17, 15) is 9.59 Å². The molecule has 1 aromatic carbocycles. The fraction of sp³-hybridized carbons (Fsp3) is 0.467. The van der Waals surface area contributed by atoms with E-state index < -0.39 is 6.03 Å². The Kier molecular flexibility index (Phi) is 7.19. The smallest absolute Gasteiger partial charge is 0.321 e. The van der Waals surface area contributed by atoms with Crippen LogP contribution in [0.5, 0.6) is 0 Å². The topological polar surface area (TPSA) is 70.2 Å². The third-order valence-electron chi connectivity index (χ3n) is 2.86. The first-order valence-corrected chi connectivity index (χ1v) is 7.33. The van der Waals surface area contributed by atoms with Crippen molar-refractivity contribution in [3.63, 3.8) is 0 Å². The van der Waals surface area contributed by atoms with Crippen molar-refractivity contribution in [2.75, 3.05) is 13.1 Å². The lowest BCUT2D eigenvalue weighted by Crippen LogP contribution is -2.44. The summed E-state index contributed by atoms with van der Waals surface area (Å²) in [5.74, 6) is -0.0422. The van der Waals surface area contributed by atoms with E-state index in [1.807, 2.05) is 39.0 Å². The molecule has 1 rings (SSSR count). The minimum absolute atomic E-state index is 0.0431. The molecule has 0 aliphatic rings. The standard InChI is InChI=1S/C15H22ClN3O2/c1-10(2)8-18-15(21)19-14(20)9-17-11(3)12-6-4-5-7-13(12)16/h4-7,10-11,17H,8-9H2,1-3H3,(H2,18,19,20,21)/t11-/m0/s1. The molecule has 0 radical (unpaired) electrons. The van der Waals surface area contributed by atoms with Crippen LogP contribution in [0.25, 0.3) is 0 Å². The molecule has 0 fully saturated rings. The van der Waals surface area contributed by atoms with Crippen LogP contribution in [0.4, 0.5) is 4.79 Å². The van der Waals surface area contributed by atoms with Gasteiger partial charge in [0.25, 0.3) is 0 Å². The molecule has 116 valence electrons. The highest BCUT2D eigenvalue weighted by molar-refractivity contribution is 6.31. The molecule has 0 saturated heterocycles. The minimum atomic E-state index is -0.471. The van der Waals surface area contributed by atoms with Gasteiger partial charge in [-0.3, -0.25) is 10.1 Å². The third-order valence-corrected chi connectivity index (χ3v) is 3.21. The Morgan fingerprint density at radius 1 is 1.19 bits per heavy atom. The molecule has 0 spiro atoms. The van der Waals surface area contributed by atoms with Crippen molar-refractivity contribution in [1.82, 2.24) is 16.0 Å². The SMILES string of the molecule is CC(C)CNC(=O)NC(=O)CN[C@@H](C)c1ccccc1Cl. The summed E-state index contributed by atoms with van der Waals surface area (Å²) in [5.41, 5.74) is 0.913. The van der Waals surface area contributed by atoms with Crippen LogP contribution < -0.4 is 16.0 Å². The Bertz CT molecular complexity index is 492. The number of imide groups is 1. The maximum Gasteiger partial charge on any atom is 0.321 e. The lowest BCUT2D eigenvalue weighted by Gasteiger charge is -2.15. The zero-order valence-corrected chi connectivity index (χ0v) is 13.3. The number of nitrogens with one attached hydrogen (secondary N) is 3. The van der Waals surface area contributed by atoms with E-state index in [-0.39, 0.29) is 18.5 Å². The number of carbonyl (C=O) groups excluding carboxylic acids is 2. The van der Waals surface area contributed by atoms with Crippen LogP contribution in [0.15, 0.2) is 24.3 Å². The van der Waals surface area contributed by atoms with Crippen molar-refractivity contribution in [2.24, 2.45) is 5.92 Å². The second kappa shape index (κ2) is 8.64. The number of urea groups is 1. The number of hydrogen-bond acceptors (Lipinski definition) is 3. The van der Waals surface area contributed by atoms with E-state index in [4.69, 9.17) is 11.6 Å². The minimum Gasteiger partial charge on any atom is -0.338 e. The third kappa shape index (κ3) is 6.60. The molecule has 0 saturated carbocycles. The van der Waals surface area contributed by atoms with Gasteiger partial charge < -0.3 is 10.6 Å². The van der Waals surface area contributed by atoms with E-state index in [1.54, 1.807) is 6.07 Å². The zero-order valence-electron chi connectivity index (χ0n) is 12.6. The van der Waals surface area contributed by atoms with E-state index in [0.717, 1.165) is 5.56 Å². The van der Waals surface area contributed by atoms with Crippen molar-refractivity contribution in [3.8, 4) is 0 Å². The van der Waals surface area contributed by atoms with E-state index in [0.29, 0.717) is 17.5 Å². The molecular weight excluding hydrogens is 290 g/mol. The van der Waals surface area contributed by atoms with Crippen LogP contribution in [-0.4, -0.2) is 25.0 Å². The van der Waals surface area contributed by atoms with Crippen LogP contribution in [-0.2, 0) is 4.79 Å². The second-order valence-corrected chi connectivity index (χ2v) is 5.68. The highest BCUT2D eigenvalue weighted by Gasteiger charge is 2.12. The Balaban J connectivity index is 2.36. The van der Waals surface area contributed by atoms with Crippen LogP contribution in [0.1, 0.15) is 32.4 Å². The van der Waals surface area contributed by atoms with Gasteiger partial charge in [-0.05, 0) is 24.5 Å². The maximum absolute atomic E-state index is 11.7. The number of hydrogen-bond donors (Lipinski definition) is 3. The zero-order chi connectivity index (χ0) is 15.8. The summed E-state index contributed by atoms with van der Waals surface area (Å²) in [5, 5.41) is 8.57. The van der Waals surface area contributed by atoms with E-state index in [1.165, 1.54) is 0 Å². The fourth-order valence-electron chi connectivity index (χ4n) is 1.69. The molecule has 0 bridgehead atoms. The average molecular weight is 312 g/mol. The number of amides is 3. The maximum atomic E-state index is 11.7. The van der Waals surface area contributed by atoms with E-state index in [2.05, 4.69) is 16.0 Å². The van der Waals surface area contributed by atoms with Gasteiger partial charge in [0, 0.05) is 17.6 Å². The lowest BCUT2D eigenvalue weighted by molar-refractivity contribution is -0.119. The molecule has 6 heteroatoms. The molecular formula is C15H22ClN3O2. The van der Waals surface area contributed by atoms with Gasteiger partial charge in [-0.2, -0.15) is 0 Å². The molecule has 1 aromatic rings. The van der Waals surface area contributed by atoms with Crippen LogP contribution in [0.2, 0.25) is 5.02 Å². The monoisotopic (exact) mass is 311 g/mol. The summed E-state index contributed by atoms with van der Waals surface area (Å²) >= 11 is 6.08. The van der Waals surface area contributed by atoms with E-state index >= 15 is 0 Å². The van der Waals surface area contributed by atoms with Gasteiger partial charge >= 0.3 is 6.03 Å². The Hall–Kier alpha value is -1.59. The van der Waals surface area contributed by atoms with Crippen LogP contribution in [0, 0.1) is 5.92 Å². The molecule has 1 atom stereocenters. The summed E-state index contributed by atoms with van der Waals surface area (Å²) < 4.78 is 0. The van der Waals surface area contributed by atoms with Gasteiger partial charge in [0.1, 0.15) is 0 Å². The predicted molar refractivity (Wildman–Crippen MR) is 84.2 cm³/mol. The van der Waals surface area contributed by atoms with Crippen molar-refractivity contribution in [3.05, 3.63) is 34.9 Å². The van der Waals surface area contributed by atoms with Crippen molar-refractivity contribution < 1.29 is 9.59 Å². The molecule has 21 heavy (non-hydrogen) atoms. The number of benzene rings is 1. The van der Waals surface area contributed by atoms with Crippen molar-refractivity contribution in [2.45, 2.75) is 26.8 Å². The van der Waals surface area contributed by atoms with Gasteiger partial charge in [-0.1, -0.05) is 43.6 Å². The van der Waals surface area contributed by atoms with Gasteiger partial charge in [0.2, 0.25) is 5.91 Å². The van der Waals surface area contributed by atoms with Crippen molar-refractivity contribution >= 4 is 23.5 Å². The number of rotatable bonds is 6. The molecule has 3 amide bonds. The van der Waals surface area contributed by atoms with Crippen LogP contribution in [0.3, 0.4) is 0 Å². The molecule has 0 aromatic heterocycles. The van der Waals surface area contributed by atoms with Gasteiger partial charge in [0.05, 0.1) is 6.54 Å². The second-order valence-electron chi connectivity index (χ2n) is 5.28. The first-order chi connectivity index (χ1) is 9.90. The average Bonchev–Trinajstić information content (AvgIpc) is 2.43. The normalized spacial score (nSPS) is 12.0. The van der Waals surface area contributed by atoms with Gasteiger partial charge in [-0.15, -0.1) is 0 Å². The van der Waals surface area contributed by atoms with Gasteiger partial charge in [-0.25, -0.2) is 4.79 Å². The summed E-state index contributed by atoms with van der Waals surface area (Å²) in [7, 11) is 0. The molecule has 0 unspecified atom stereocenters.